The van der Waals surface area contributed by atoms with Crippen LogP contribution in [-0.4, -0.2) is 44.8 Å². The summed E-state index contributed by atoms with van der Waals surface area (Å²) < 4.78 is 22.5. The van der Waals surface area contributed by atoms with E-state index in [4.69, 9.17) is 18.9 Å². The molecule has 6 heteroatoms. The van der Waals surface area contributed by atoms with Crippen LogP contribution in [0.2, 0.25) is 0 Å². The fourth-order valence-corrected chi connectivity index (χ4v) is 3.85. The molecule has 2 aromatic rings. The molecule has 0 saturated heterocycles. The number of methoxy groups -OCH3 is 1. The first-order chi connectivity index (χ1) is 14.6. The molecule has 2 heterocycles. The Hall–Kier alpha value is -3.25. The lowest BCUT2D eigenvalue weighted by Gasteiger charge is -2.28. The number of carbonyl (C=O) groups excluding carboxylic acids is 1. The second-order valence-corrected chi connectivity index (χ2v) is 7.28. The Bertz CT molecular complexity index is 994. The average Bonchev–Trinajstić information content (AvgIpc) is 3.24. The summed E-state index contributed by atoms with van der Waals surface area (Å²) in [7, 11) is 3.67. The summed E-state index contributed by atoms with van der Waals surface area (Å²) in [5, 5.41) is 0. The number of carbonyl (C=O) groups is 1. The minimum absolute atomic E-state index is 0.0839. The maximum atomic E-state index is 13.2. The van der Waals surface area contributed by atoms with Crippen molar-refractivity contribution in [2.24, 2.45) is 0 Å². The molecule has 0 aliphatic carbocycles. The summed E-state index contributed by atoms with van der Waals surface area (Å²) in [5.41, 5.74) is 3.46. The average molecular weight is 407 g/mol. The van der Waals surface area contributed by atoms with Crippen LogP contribution in [0.3, 0.4) is 0 Å². The molecular weight excluding hydrogens is 382 g/mol. The Labute approximate surface area is 176 Å². The molecule has 156 valence electrons. The van der Waals surface area contributed by atoms with Crippen molar-refractivity contribution in [2.45, 2.75) is 13.0 Å². The van der Waals surface area contributed by atoms with Crippen LogP contribution in [0.15, 0.2) is 43.0 Å². The largest absolute Gasteiger partial charge is 0.492 e. The molecule has 6 nitrogen and oxygen atoms in total. The van der Waals surface area contributed by atoms with Gasteiger partial charge in [-0.15, -0.1) is 0 Å². The zero-order chi connectivity index (χ0) is 21.1. The molecule has 0 unspecified atom stereocenters. The van der Waals surface area contributed by atoms with Crippen molar-refractivity contribution < 1.29 is 23.7 Å². The highest BCUT2D eigenvalue weighted by Gasteiger charge is 2.34. The number of nitrogens with zero attached hydrogens (tertiary/aromatic N) is 1. The number of rotatable bonds is 7. The summed E-state index contributed by atoms with van der Waals surface area (Å²) in [6.45, 7) is 5.75. The summed E-state index contributed by atoms with van der Waals surface area (Å²) in [6, 6.07) is 7.55. The molecule has 0 fully saturated rings. The van der Waals surface area contributed by atoms with Gasteiger partial charge in [-0.2, -0.15) is 0 Å². The van der Waals surface area contributed by atoms with Crippen LogP contribution >= 0.6 is 0 Å². The summed E-state index contributed by atoms with van der Waals surface area (Å²) >= 11 is 0. The molecule has 30 heavy (non-hydrogen) atoms. The molecule has 0 aromatic heterocycles. The SMILES string of the molecule is C=CCOc1ccc(/C=C/C(=O)c2c3c(c(OC)c4c2OCO4)CN(C)CC3)cc1. The first-order valence-electron chi connectivity index (χ1n) is 9.88. The molecule has 0 atom stereocenters. The molecule has 2 aliphatic heterocycles. The van der Waals surface area contributed by atoms with Gasteiger partial charge in [0, 0.05) is 18.7 Å². The lowest BCUT2D eigenvalue weighted by atomic mass is 9.90. The van der Waals surface area contributed by atoms with E-state index in [2.05, 4.69) is 18.5 Å². The molecule has 0 bridgehead atoms. The van der Waals surface area contributed by atoms with Gasteiger partial charge in [-0.3, -0.25) is 4.79 Å². The maximum absolute atomic E-state index is 13.2. The maximum Gasteiger partial charge on any atom is 0.231 e. The smallest absolute Gasteiger partial charge is 0.231 e. The van der Waals surface area contributed by atoms with Gasteiger partial charge in [0.1, 0.15) is 12.4 Å². The predicted molar refractivity (Wildman–Crippen MR) is 115 cm³/mol. The first kappa shape index (κ1) is 20.0. The van der Waals surface area contributed by atoms with Crippen LogP contribution in [0.5, 0.6) is 23.0 Å². The minimum atomic E-state index is -0.104. The van der Waals surface area contributed by atoms with Gasteiger partial charge in [-0.05, 0) is 42.8 Å². The number of ketones is 1. The fourth-order valence-electron chi connectivity index (χ4n) is 3.85. The highest BCUT2D eigenvalue weighted by atomic mass is 16.7. The Morgan fingerprint density at radius 1 is 1.20 bits per heavy atom. The second kappa shape index (κ2) is 8.63. The van der Waals surface area contributed by atoms with Crippen molar-refractivity contribution in [3.05, 3.63) is 65.3 Å². The number of allylic oxidation sites excluding steroid dienone is 1. The van der Waals surface area contributed by atoms with Gasteiger partial charge >= 0.3 is 0 Å². The molecular formula is C24H25NO5. The monoisotopic (exact) mass is 407 g/mol. The van der Waals surface area contributed by atoms with E-state index in [9.17, 15) is 4.79 Å². The van der Waals surface area contributed by atoms with Crippen LogP contribution in [-0.2, 0) is 13.0 Å². The van der Waals surface area contributed by atoms with Gasteiger partial charge in [0.05, 0.1) is 12.7 Å². The molecule has 0 radical (unpaired) electrons. The molecule has 0 saturated carbocycles. The normalized spacial score (nSPS) is 15.1. The lowest BCUT2D eigenvalue weighted by Crippen LogP contribution is -2.28. The number of likely N-dealkylation sites (N-methyl/N-ethyl adjacent to an activating group) is 1. The van der Waals surface area contributed by atoms with E-state index in [0.29, 0.717) is 36.0 Å². The van der Waals surface area contributed by atoms with E-state index in [0.717, 1.165) is 35.4 Å². The standard InChI is InChI=1S/C24H25NO5/c1-4-13-28-17-8-5-16(6-9-17)7-10-20(26)21-18-11-12-25(2)14-19(18)22(27-3)24-23(21)29-15-30-24/h4-10H,1,11-15H2,2-3H3/b10-7+. The Kier molecular flexibility index (Phi) is 5.77. The molecule has 4 rings (SSSR count). The fraction of sp³-hybridized carbons (Fsp3) is 0.292. The van der Waals surface area contributed by atoms with E-state index in [1.807, 2.05) is 24.3 Å². The van der Waals surface area contributed by atoms with Crippen molar-refractivity contribution in [3.8, 4) is 23.0 Å². The molecule has 2 aliphatic rings. The van der Waals surface area contributed by atoms with Gasteiger partial charge in [0.15, 0.2) is 17.3 Å². The molecule has 0 N–H and O–H groups in total. The molecule has 2 aromatic carbocycles. The zero-order valence-corrected chi connectivity index (χ0v) is 17.3. The van der Waals surface area contributed by atoms with E-state index in [-0.39, 0.29) is 12.6 Å². The minimum Gasteiger partial charge on any atom is -0.492 e. The first-order valence-corrected chi connectivity index (χ1v) is 9.88. The van der Waals surface area contributed by atoms with Crippen molar-refractivity contribution in [1.29, 1.82) is 0 Å². The third kappa shape index (κ3) is 3.78. The number of ether oxygens (including phenoxy) is 4. The van der Waals surface area contributed by atoms with Crippen LogP contribution in [0.4, 0.5) is 0 Å². The number of hydrogen-bond acceptors (Lipinski definition) is 6. The third-order valence-corrected chi connectivity index (χ3v) is 5.28. The van der Waals surface area contributed by atoms with Crippen LogP contribution in [0.1, 0.15) is 27.0 Å². The Balaban J connectivity index is 1.66. The van der Waals surface area contributed by atoms with E-state index >= 15 is 0 Å². The van der Waals surface area contributed by atoms with Crippen molar-refractivity contribution in [1.82, 2.24) is 4.90 Å². The van der Waals surface area contributed by atoms with E-state index in [1.54, 1.807) is 25.3 Å². The van der Waals surface area contributed by atoms with Crippen molar-refractivity contribution in [3.63, 3.8) is 0 Å². The summed E-state index contributed by atoms with van der Waals surface area (Å²) in [6.07, 6.45) is 5.84. The number of hydrogen-bond donors (Lipinski definition) is 0. The quantitative estimate of drug-likeness (QED) is 0.395. The van der Waals surface area contributed by atoms with Crippen LogP contribution in [0.25, 0.3) is 6.08 Å². The summed E-state index contributed by atoms with van der Waals surface area (Å²) in [4.78, 5) is 15.4. The highest BCUT2D eigenvalue weighted by Crippen LogP contribution is 2.49. The second-order valence-electron chi connectivity index (χ2n) is 7.28. The van der Waals surface area contributed by atoms with E-state index in [1.165, 1.54) is 0 Å². The molecule has 0 spiro atoms. The van der Waals surface area contributed by atoms with Gasteiger partial charge in [0.2, 0.25) is 12.5 Å². The summed E-state index contributed by atoms with van der Waals surface area (Å²) in [5.74, 6) is 2.33. The third-order valence-electron chi connectivity index (χ3n) is 5.28. The highest BCUT2D eigenvalue weighted by molar-refractivity contribution is 6.11. The van der Waals surface area contributed by atoms with Crippen LogP contribution < -0.4 is 18.9 Å². The van der Waals surface area contributed by atoms with Crippen LogP contribution in [0, 0.1) is 0 Å². The lowest BCUT2D eigenvalue weighted by molar-refractivity contribution is 0.104. The van der Waals surface area contributed by atoms with E-state index < -0.39 is 0 Å². The number of benzene rings is 2. The topological polar surface area (TPSA) is 57.2 Å². The zero-order valence-electron chi connectivity index (χ0n) is 17.3. The van der Waals surface area contributed by atoms with Gasteiger partial charge in [-0.25, -0.2) is 0 Å². The van der Waals surface area contributed by atoms with Crippen molar-refractivity contribution in [2.75, 3.05) is 34.1 Å². The van der Waals surface area contributed by atoms with Gasteiger partial charge < -0.3 is 23.8 Å². The predicted octanol–water partition coefficient (Wildman–Crippen LogP) is 3.87. The van der Waals surface area contributed by atoms with Gasteiger partial charge in [-0.1, -0.05) is 30.9 Å². The number of fused-ring (bicyclic) bond motifs is 2. The molecule has 0 amide bonds. The van der Waals surface area contributed by atoms with Crippen molar-refractivity contribution >= 4 is 11.9 Å². The van der Waals surface area contributed by atoms with Gasteiger partial charge in [0.25, 0.3) is 0 Å². The Morgan fingerprint density at radius 3 is 2.70 bits per heavy atom. The Morgan fingerprint density at radius 2 is 1.97 bits per heavy atom.